The van der Waals surface area contributed by atoms with Gasteiger partial charge in [0.25, 0.3) is 0 Å². The Balaban J connectivity index is 2.59. The van der Waals surface area contributed by atoms with Gasteiger partial charge in [-0.2, -0.15) is 5.10 Å². The van der Waals surface area contributed by atoms with Crippen molar-refractivity contribution < 1.29 is 4.42 Å². The zero-order valence-corrected chi connectivity index (χ0v) is 9.24. The first-order valence-electron chi connectivity index (χ1n) is 5.01. The second kappa shape index (κ2) is 3.46. The van der Waals surface area contributed by atoms with Gasteiger partial charge < -0.3 is 10.2 Å². The lowest BCUT2D eigenvalue weighted by Gasteiger charge is -1.97. The molecule has 0 aliphatic heterocycles. The number of nitrogens with zero attached hydrogens (tertiary/aromatic N) is 2. The zero-order valence-electron chi connectivity index (χ0n) is 9.24. The molecule has 0 aliphatic carbocycles. The lowest BCUT2D eigenvalue weighted by Crippen LogP contribution is -1.97. The quantitative estimate of drug-likeness (QED) is 0.817. The average molecular weight is 205 g/mol. The van der Waals surface area contributed by atoms with Crippen LogP contribution < -0.4 is 5.73 Å². The summed E-state index contributed by atoms with van der Waals surface area (Å²) in [6.45, 7) is 4.04. The third kappa shape index (κ3) is 1.42. The van der Waals surface area contributed by atoms with Gasteiger partial charge in [-0.25, -0.2) is 0 Å². The predicted octanol–water partition coefficient (Wildman–Crippen LogP) is 2.13. The number of nitrogen functional groups attached to an aromatic ring is 1. The molecule has 0 amide bonds. The summed E-state index contributed by atoms with van der Waals surface area (Å²) in [4.78, 5) is 0. The Morgan fingerprint density at radius 1 is 1.53 bits per heavy atom. The highest BCUT2D eigenvalue weighted by Crippen LogP contribution is 2.29. The predicted molar refractivity (Wildman–Crippen MR) is 59.4 cm³/mol. The van der Waals surface area contributed by atoms with Gasteiger partial charge in [-0.05, 0) is 13.0 Å². The van der Waals surface area contributed by atoms with Crippen LogP contribution in [0.5, 0.6) is 0 Å². The number of hydrogen-bond donors (Lipinski definition) is 1. The summed E-state index contributed by atoms with van der Waals surface area (Å²) in [5.41, 5.74) is 8.84. The maximum atomic E-state index is 5.87. The fourth-order valence-electron chi connectivity index (χ4n) is 1.72. The van der Waals surface area contributed by atoms with Gasteiger partial charge in [0.15, 0.2) is 0 Å². The van der Waals surface area contributed by atoms with E-state index < -0.39 is 0 Å². The molecule has 80 valence electrons. The topological polar surface area (TPSA) is 57.0 Å². The number of furan rings is 1. The Morgan fingerprint density at radius 3 is 2.80 bits per heavy atom. The van der Waals surface area contributed by atoms with Crippen molar-refractivity contribution in [3.05, 3.63) is 23.7 Å². The molecule has 0 spiro atoms. The number of nitrogens with two attached hydrogens (primary N) is 1. The molecule has 0 aromatic carbocycles. The van der Waals surface area contributed by atoms with Crippen molar-refractivity contribution >= 4 is 5.82 Å². The van der Waals surface area contributed by atoms with Crippen LogP contribution in [0.15, 0.2) is 16.7 Å². The molecule has 2 rings (SSSR count). The van der Waals surface area contributed by atoms with Crippen molar-refractivity contribution in [2.24, 2.45) is 7.05 Å². The molecule has 2 N–H and O–H groups in total. The van der Waals surface area contributed by atoms with Crippen molar-refractivity contribution in [2.75, 3.05) is 5.73 Å². The lowest BCUT2D eigenvalue weighted by molar-refractivity contribution is 0.517. The van der Waals surface area contributed by atoms with Gasteiger partial charge in [0.05, 0.1) is 6.26 Å². The average Bonchev–Trinajstić information content (AvgIpc) is 2.78. The first-order chi connectivity index (χ1) is 7.15. The molecule has 4 nitrogen and oxygen atoms in total. The van der Waals surface area contributed by atoms with Gasteiger partial charge in [0, 0.05) is 24.6 Å². The summed E-state index contributed by atoms with van der Waals surface area (Å²) < 4.78 is 7.07. The summed E-state index contributed by atoms with van der Waals surface area (Å²) in [6, 6.07) is 1.94. The van der Waals surface area contributed by atoms with Crippen molar-refractivity contribution in [1.29, 1.82) is 0 Å². The Morgan fingerprint density at radius 2 is 2.27 bits per heavy atom. The van der Waals surface area contributed by atoms with E-state index in [1.807, 2.05) is 20.0 Å². The molecule has 4 heteroatoms. The van der Waals surface area contributed by atoms with E-state index in [2.05, 4.69) is 12.0 Å². The summed E-state index contributed by atoms with van der Waals surface area (Å²) in [5, 5.41) is 4.39. The summed E-state index contributed by atoms with van der Waals surface area (Å²) >= 11 is 0. The van der Waals surface area contributed by atoms with Crippen molar-refractivity contribution in [2.45, 2.75) is 20.3 Å². The Bertz CT molecular complexity index is 482. The van der Waals surface area contributed by atoms with Crippen LogP contribution in [0.3, 0.4) is 0 Å². The SMILES string of the molecule is CCc1occc1-c1nn(C)c(N)c1C. The highest BCUT2D eigenvalue weighted by Gasteiger charge is 2.15. The van der Waals surface area contributed by atoms with Crippen molar-refractivity contribution in [3.8, 4) is 11.3 Å². The molecule has 0 atom stereocenters. The van der Waals surface area contributed by atoms with E-state index in [1.54, 1.807) is 10.9 Å². The van der Waals surface area contributed by atoms with E-state index in [0.717, 1.165) is 29.0 Å². The standard InChI is InChI=1S/C11H15N3O/c1-4-9-8(5-6-15-9)10-7(2)11(12)14(3)13-10/h5-6H,4,12H2,1-3H3. The molecule has 15 heavy (non-hydrogen) atoms. The lowest BCUT2D eigenvalue weighted by atomic mass is 10.1. The second-order valence-corrected chi connectivity index (χ2v) is 3.59. The van der Waals surface area contributed by atoms with E-state index in [9.17, 15) is 0 Å². The van der Waals surface area contributed by atoms with Crippen LogP contribution in [0, 0.1) is 6.92 Å². The van der Waals surface area contributed by atoms with Crippen LogP contribution >= 0.6 is 0 Å². The molecular weight excluding hydrogens is 190 g/mol. The van der Waals surface area contributed by atoms with Gasteiger partial charge in [0.2, 0.25) is 0 Å². The van der Waals surface area contributed by atoms with Crippen molar-refractivity contribution in [3.63, 3.8) is 0 Å². The largest absolute Gasteiger partial charge is 0.469 e. The molecule has 0 fully saturated rings. The minimum absolute atomic E-state index is 0.702. The van der Waals surface area contributed by atoms with E-state index >= 15 is 0 Å². The molecule has 0 unspecified atom stereocenters. The number of anilines is 1. The number of aromatic nitrogens is 2. The molecule has 0 saturated carbocycles. The highest BCUT2D eigenvalue weighted by molar-refractivity contribution is 5.69. The smallest absolute Gasteiger partial charge is 0.124 e. The van der Waals surface area contributed by atoms with Gasteiger partial charge in [0.1, 0.15) is 17.3 Å². The molecule has 0 saturated heterocycles. The van der Waals surface area contributed by atoms with E-state index in [0.29, 0.717) is 5.82 Å². The normalized spacial score (nSPS) is 10.9. The molecule has 2 aromatic rings. The Hall–Kier alpha value is -1.71. The van der Waals surface area contributed by atoms with Gasteiger partial charge in [-0.15, -0.1) is 0 Å². The Labute approximate surface area is 88.7 Å². The second-order valence-electron chi connectivity index (χ2n) is 3.59. The molecule has 2 aromatic heterocycles. The molecule has 0 radical (unpaired) electrons. The van der Waals surface area contributed by atoms with Crippen LogP contribution in [-0.2, 0) is 13.5 Å². The molecule has 0 bridgehead atoms. The zero-order chi connectivity index (χ0) is 11.0. The van der Waals surface area contributed by atoms with Gasteiger partial charge >= 0.3 is 0 Å². The van der Waals surface area contributed by atoms with Crippen LogP contribution in [0.25, 0.3) is 11.3 Å². The molecule has 2 heterocycles. The van der Waals surface area contributed by atoms with Crippen LogP contribution in [-0.4, -0.2) is 9.78 Å². The summed E-state index contributed by atoms with van der Waals surface area (Å²) in [5.74, 6) is 1.66. The number of hydrogen-bond acceptors (Lipinski definition) is 3. The van der Waals surface area contributed by atoms with Gasteiger partial charge in [-0.3, -0.25) is 4.68 Å². The maximum absolute atomic E-state index is 5.87. The monoisotopic (exact) mass is 205 g/mol. The van der Waals surface area contributed by atoms with Gasteiger partial charge in [-0.1, -0.05) is 6.92 Å². The van der Waals surface area contributed by atoms with Crippen LogP contribution in [0.1, 0.15) is 18.2 Å². The molecule has 0 aliphatic rings. The number of aryl methyl sites for hydroxylation is 2. The summed E-state index contributed by atoms with van der Waals surface area (Å²) in [7, 11) is 1.84. The fraction of sp³-hybridized carbons (Fsp3) is 0.364. The Kier molecular flexibility index (Phi) is 2.26. The minimum atomic E-state index is 0.702. The molecular formula is C11H15N3O. The maximum Gasteiger partial charge on any atom is 0.124 e. The third-order valence-corrected chi connectivity index (χ3v) is 2.66. The third-order valence-electron chi connectivity index (χ3n) is 2.66. The minimum Gasteiger partial charge on any atom is -0.469 e. The fourth-order valence-corrected chi connectivity index (χ4v) is 1.72. The van der Waals surface area contributed by atoms with E-state index in [4.69, 9.17) is 10.2 Å². The van der Waals surface area contributed by atoms with Crippen LogP contribution in [0.2, 0.25) is 0 Å². The number of rotatable bonds is 2. The van der Waals surface area contributed by atoms with E-state index in [-0.39, 0.29) is 0 Å². The van der Waals surface area contributed by atoms with Crippen LogP contribution in [0.4, 0.5) is 5.82 Å². The summed E-state index contributed by atoms with van der Waals surface area (Å²) in [6.07, 6.45) is 2.55. The van der Waals surface area contributed by atoms with E-state index in [1.165, 1.54) is 0 Å². The van der Waals surface area contributed by atoms with Crippen molar-refractivity contribution in [1.82, 2.24) is 9.78 Å². The highest BCUT2D eigenvalue weighted by atomic mass is 16.3. The first-order valence-corrected chi connectivity index (χ1v) is 5.01. The first kappa shape index (κ1) is 9.83.